The molecule has 0 aliphatic heterocycles. The van der Waals surface area contributed by atoms with Gasteiger partial charge in [0.2, 0.25) is 10.0 Å². The quantitative estimate of drug-likeness (QED) is 0.889. The first-order valence-electron chi connectivity index (χ1n) is 6.26. The molecule has 0 saturated carbocycles. The number of sulfonamides is 1. The molecule has 0 aliphatic rings. The smallest absolute Gasteiger partial charge is 0.233 e. The number of hydrogen-bond donors (Lipinski definition) is 1. The van der Waals surface area contributed by atoms with Crippen molar-refractivity contribution in [2.75, 3.05) is 10.5 Å². The van der Waals surface area contributed by atoms with E-state index in [0.29, 0.717) is 12.1 Å². The predicted octanol–water partition coefficient (Wildman–Crippen LogP) is 3.74. The normalized spacial score (nSPS) is 11.3. The fraction of sp³-hybridized carbons (Fsp3) is 0.200. The fourth-order valence-corrected chi connectivity index (χ4v) is 3.61. The first-order chi connectivity index (χ1) is 9.44. The zero-order chi connectivity index (χ0) is 14.6. The lowest BCUT2D eigenvalue weighted by atomic mass is 10.2. The molecular formula is C15H16BrNO2S. The summed E-state index contributed by atoms with van der Waals surface area (Å²) in [4.78, 5) is 0. The van der Waals surface area contributed by atoms with Crippen molar-refractivity contribution in [3.05, 3.63) is 64.1 Å². The SMILES string of the molecule is Cc1cc(Br)cc(NS(=O)(=O)CCc2ccccc2)c1. The molecule has 0 aromatic heterocycles. The third-order valence-corrected chi connectivity index (χ3v) is 4.56. The number of aryl methyl sites for hydroxylation is 2. The number of nitrogens with one attached hydrogen (secondary N) is 1. The molecule has 20 heavy (non-hydrogen) atoms. The molecule has 5 heteroatoms. The van der Waals surface area contributed by atoms with Gasteiger partial charge in [0.1, 0.15) is 0 Å². The van der Waals surface area contributed by atoms with Gasteiger partial charge in [-0.1, -0.05) is 46.3 Å². The Morgan fingerprint density at radius 1 is 1.10 bits per heavy atom. The molecule has 0 heterocycles. The van der Waals surface area contributed by atoms with E-state index in [1.165, 1.54) is 0 Å². The second-order valence-electron chi connectivity index (χ2n) is 4.67. The summed E-state index contributed by atoms with van der Waals surface area (Å²) in [6.07, 6.45) is 0.503. The summed E-state index contributed by atoms with van der Waals surface area (Å²) in [6.45, 7) is 1.92. The van der Waals surface area contributed by atoms with Gasteiger partial charge in [0.15, 0.2) is 0 Å². The molecule has 0 saturated heterocycles. The Labute approximate surface area is 128 Å². The van der Waals surface area contributed by atoms with Gasteiger partial charge < -0.3 is 0 Å². The van der Waals surface area contributed by atoms with Crippen LogP contribution in [0.5, 0.6) is 0 Å². The molecule has 0 amide bonds. The lowest BCUT2D eigenvalue weighted by Crippen LogP contribution is -2.18. The number of benzene rings is 2. The summed E-state index contributed by atoms with van der Waals surface area (Å²) in [5.74, 6) is 0.0720. The van der Waals surface area contributed by atoms with E-state index in [1.807, 2.05) is 49.4 Å². The maximum Gasteiger partial charge on any atom is 0.233 e. The minimum absolute atomic E-state index is 0.0720. The second-order valence-corrected chi connectivity index (χ2v) is 7.43. The van der Waals surface area contributed by atoms with Crippen molar-refractivity contribution in [3.8, 4) is 0 Å². The summed E-state index contributed by atoms with van der Waals surface area (Å²) in [5, 5.41) is 0. The van der Waals surface area contributed by atoms with E-state index in [9.17, 15) is 8.42 Å². The van der Waals surface area contributed by atoms with Crippen LogP contribution in [-0.2, 0) is 16.4 Å². The minimum atomic E-state index is -3.34. The topological polar surface area (TPSA) is 46.2 Å². The van der Waals surface area contributed by atoms with Crippen LogP contribution in [0, 0.1) is 6.92 Å². The largest absolute Gasteiger partial charge is 0.283 e. The van der Waals surface area contributed by atoms with E-state index in [4.69, 9.17) is 0 Å². The van der Waals surface area contributed by atoms with Crippen molar-refractivity contribution in [2.24, 2.45) is 0 Å². The molecule has 0 radical (unpaired) electrons. The summed E-state index contributed by atoms with van der Waals surface area (Å²) in [7, 11) is -3.34. The van der Waals surface area contributed by atoms with Crippen molar-refractivity contribution in [1.82, 2.24) is 0 Å². The summed E-state index contributed by atoms with van der Waals surface area (Å²) < 4.78 is 27.6. The monoisotopic (exact) mass is 353 g/mol. The number of hydrogen-bond acceptors (Lipinski definition) is 2. The van der Waals surface area contributed by atoms with Crippen LogP contribution in [-0.4, -0.2) is 14.2 Å². The van der Waals surface area contributed by atoms with Crippen LogP contribution in [0.2, 0.25) is 0 Å². The molecule has 0 fully saturated rings. The maximum absolute atomic E-state index is 12.1. The van der Waals surface area contributed by atoms with Crippen LogP contribution in [0.4, 0.5) is 5.69 Å². The molecule has 0 spiro atoms. The van der Waals surface area contributed by atoms with Crippen molar-refractivity contribution in [3.63, 3.8) is 0 Å². The van der Waals surface area contributed by atoms with Gasteiger partial charge in [-0.25, -0.2) is 8.42 Å². The Balaban J connectivity index is 2.04. The van der Waals surface area contributed by atoms with Gasteiger partial charge in [-0.2, -0.15) is 0 Å². The summed E-state index contributed by atoms with van der Waals surface area (Å²) in [5.41, 5.74) is 2.60. The highest BCUT2D eigenvalue weighted by Crippen LogP contribution is 2.20. The van der Waals surface area contributed by atoms with Gasteiger partial charge >= 0.3 is 0 Å². The molecule has 0 atom stereocenters. The van der Waals surface area contributed by atoms with Crippen LogP contribution in [0.25, 0.3) is 0 Å². The summed E-state index contributed by atoms with van der Waals surface area (Å²) >= 11 is 3.36. The standard InChI is InChI=1S/C15H16BrNO2S/c1-12-9-14(16)11-15(10-12)17-20(18,19)8-7-13-5-3-2-4-6-13/h2-6,9-11,17H,7-8H2,1H3. The molecule has 0 bridgehead atoms. The Morgan fingerprint density at radius 3 is 2.45 bits per heavy atom. The van der Waals surface area contributed by atoms with Crippen molar-refractivity contribution in [1.29, 1.82) is 0 Å². The number of anilines is 1. The highest BCUT2D eigenvalue weighted by atomic mass is 79.9. The van der Waals surface area contributed by atoms with Crippen molar-refractivity contribution >= 4 is 31.6 Å². The molecular weight excluding hydrogens is 338 g/mol. The van der Waals surface area contributed by atoms with Crippen LogP contribution in [0.3, 0.4) is 0 Å². The van der Waals surface area contributed by atoms with E-state index in [1.54, 1.807) is 6.07 Å². The lowest BCUT2D eigenvalue weighted by Gasteiger charge is -2.09. The van der Waals surface area contributed by atoms with E-state index in [2.05, 4.69) is 20.7 Å². The Morgan fingerprint density at radius 2 is 1.80 bits per heavy atom. The van der Waals surface area contributed by atoms with Gasteiger partial charge in [-0.05, 0) is 42.7 Å². The highest BCUT2D eigenvalue weighted by molar-refractivity contribution is 9.10. The van der Waals surface area contributed by atoms with Gasteiger partial charge in [-0.3, -0.25) is 4.72 Å². The van der Waals surface area contributed by atoms with Crippen molar-refractivity contribution in [2.45, 2.75) is 13.3 Å². The Kier molecular flexibility index (Phi) is 4.83. The van der Waals surface area contributed by atoms with Crippen molar-refractivity contribution < 1.29 is 8.42 Å². The maximum atomic E-state index is 12.1. The highest BCUT2D eigenvalue weighted by Gasteiger charge is 2.11. The van der Waals surface area contributed by atoms with Crippen LogP contribution in [0.1, 0.15) is 11.1 Å². The second kappa shape index (κ2) is 6.41. The third kappa shape index (κ3) is 4.65. The zero-order valence-electron chi connectivity index (χ0n) is 11.1. The molecule has 0 unspecified atom stereocenters. The van der Waals surface area contributed by atoms with Crippen LogP contribution < -0.4 is 4.72 Å². The average molecular weight is 354 g/mol. The van der Waals surface area contributed by atoms with E-state index in [0.717, 1.165) is 15.6 Å². The third-order valence-electron chi connectivity index (χ3n) is 2.82. The minimum Gasteiger partial charge on any atom is -0.283 e. The van der Waals surface area contributed by atoms with E-state index >= 15 is 0 Å². The Bertz CT molecular complexity index is 664. The molecule has 3 nitrogen and oxygen atoms in total. The van der Waals surface area contributed by atoms with Gasteiger partial charge in [-0.15, -0.1) is 0 Å². The average Bonchev–Trinajstić information content (AvgIpc) is 2.36. The number of rotatable bonds is 5. The predicted molar refractivity (Wildman–Crippen MR) is 86.4 cm³/mol. The molecule has 0 aliphatic carbocycles. The van der Waals surface area contributed by atoms with Gasteiger partial charge in [0.25, 0.3) is 0 Å². The zero-order valence-corrected chi connectivity index (χ0v) is 13.5. The molecule has 2 rings (SSSR count). The Hall–Kier alpha value is -1.33. The van der Waals surface area contributed by atoms with Crippen LogP contribution >= 0.6 is 15.9 Å². The van der Waals surface area contributed by atoms with Gasteiger partial charge in [0, 0.05) is 10.2 Å². The van der Waals surface area contributed by atoms with Crippen LogP contribution in [0.15, 0.2) is 53.0 Å². The molecule has 2 aromatic carbocycles. The first-order valence-corrected chi connectivity index (χ1v) is 8.71. The number of halogens is 1. The fourth-order valence-electron chi connectivity index (χ4n) is 1.92. The molecule has 106 valence electrons. The molecule has 2 aromatic rings. The summed E-state index contributed by atoms with van der Waals surface area (Å²) in [6, 6.07) is 15.1. The first kappa shape index (κ1) is 15.1. The molecule has 1 N–H and O–H groups in total. The van der Waals surface area contributed by atoms with Gasteiger partial charge in [0.05, 0.1) is 5.75 Å². The van der Waals surface area contributed by atoms with E-state index in [-0.39, 0.29) is 5.75 Å². The lowest BCUT2D eigenvalue weighted by molar-refractivity contribution is 0.600. The van der Waals surface area contributed by atoms with E-state index < -0.39 is 10.0 Å².